The van der Waals surface area contributed by atoms with Crippen LogP contribution in [-0.2, 0) is 0 Å². The summed E-state index contributed by atoms with van der Waals surface area (Å²) >= 11 is 19.2. The first-order chi connectivity index (χ1) is 12.4. The number of hydrogen-bond donors (Lipinski definition) is 0. The van der Waals surface area contributed by atoms with Gasteiger partial charge in [0.25, 0.3) is 0 Å². The zero-order valence-corrected chi connectivity index (χ0v) is 16.5. The van der Waals surface area contributed by atoms with Crippen molar-refractivity contribution in [1.29, 1.82) is 0 Å². The minimum atomic E-state index is -4.38. The van der Waals surface area contributed by atoms with Crippen molar-refractivity contribution in [2.75, 3.05) is 0 Å². The summed E-state index contributed by atoms with van der Waals surface area (Å²) < 4.78 is 11.8. The minimum absolute atomic E-state index is 0.511. The predicted octanol–water partition coefficient (Wildman–Crippen LogP) is 8.28. The van der Waals surface area contributed by atoms with Crippen molar-refractivity contribution in [1.82, 2.24) is 0 Å². The van der Waals surface area contributed by atoms with Gasteiger partial charge in [-0.25, -0.2) is 0 Å². The van der Waals surface area contributed by atoms with Gasteiger partial charge in [0.1, 0.15) is 0 Å². The van der Waals surface area contributed by atoms with Crippen LogP contribution in [0.3, 0.4) is 0 Å². The Bertz CT molecular complexity index is 1110. The molecule has 0 atom stereocenters. The van der Waals surface area contributed by atoms with Gasteiger partial charge in [0, 0.05) is 0 Å². The molecule has 0 amide bonds. The molecule has 0 bridgehead atoms. The van der Waals surface area contributed by atoms with Gasteiger partial charge >= 0.3 is 165 Å². The number of rotatable bonds is 0. The van der Waals surface area contributed by atoms with Gasteiger partial charge in [0.2, 0.25) is 0 Å². The van der Waals surface area contributed by atoms with E-state index in [-0.39, 0.29) is 0 Å². The van der Waals surface area contributed by atoms with Crippen molar-refractivity contribution in [2.45, 2.75) is 0 Å². The molecule has 0 aromatic heterocycles. The molecule has 0 radical (unpaired) electrons. The van der Waals surface area contributed by atoms with E-state index in [4.69, 9.17) is 42.8 Å². The summed E-state index contributed by atoms with van der Waals surface area (Å²) in [7, 11) is 0. The Hall–Kier alpha value is -1.70. The SMILES string of the molecule is ClP1(Cl)(Cl)Oc2ccc3ccccc3c2-c2c(ccc3ccccc23)O1. The maximum atomic E-state index is 6.41. The van der Waals surface area contributed by atoms with Crippen LogP contribution in [0.15, 0.2) is 72.8 Å². The molecule has 0 fully saturated rings. The van der Waals surface area contributed by atoms with E-state index in [9.17, 15) is 0 Å². The van der Waals surface area contributed by atoms with E-state index in [0.717, 1.165) is 32.7 Å². The Morgan fingerprint density at radius 2 is 0.962 bits per heavy atom. The molecule has 1 aliphatic rings. The Morgan fingerprint density at radius 1 is 0.538 bits per heavy atom. The summed E-state index contributed by atoms with van der Waals surface area (Å²) in [4.78, 5) is 0. The molecule has 4 aromatic rings. The summed E-state index contributed by atoms with van der Waals surface area (Å²) in [5, 5.41) is -0.189. The fraction of sp³-hybridized carbons (Fsp3) is 0. The normalized spacial score (nSPS) is 18.5. The molecule has 2 nitrogen and oxygen atoms in total. The number of benzene rings is 4. The summed E-state index contributed by atoms with van der Waals surface area (Å²) in [6, 6.07) is 23.8. The van der Waals surface area contributed by atoms with Crippen molar-refractivity contribution in [2.24, 2.45) is 0 Å². The Kier molecular flexibility index (Phi) is 3.42. The van der Waals surface area contributed by atoms with E-state index in [1.165, 1.54) is 0 Å². The fourth-order valence-corrected chi connectivity index (χ4v) is 5.78. The van der Waals surface area contributed by atoms with Crippen LogP contribution in [0.2, 0.25) is 0 Å². The van der Waals surface area contributed by atoms with Gasteiger partial charge in [-0.2, -0.15) is 0 Å². The number of halogens is 3. The molecule has 26 heavy (non-hydrogen) atoms. The molecule has 1 heterocycles. The molecule has 0 unspecified atom stereocenters. The average Bonchev–Trinajstić information content (AvgIpc) is 2.71. The molecule has 0 aliphatic carbocycles. The van der Waals surface area contributed by atoms with Crippen LogP contribution in [0.1, 0.15) is 0 Å². The molecular weight excluding hydrogens is 410 g/mol. The summed E-state index contributed by atoms with van der Waals surface area (Å²) in [6.45, 7) is 0. The van der Waals surface area contributed by atoms with E-state index >= 15 is 0 Å². The summed E-state index contributed by atoms with van der Waals surface area (Å²) in [6.07, 6.45) is 0. The number of fused-ring (bicyclic) bond motifs is 7. The second-order valence-corrected chi connectivity index (χ2v) is 15.0. The van der Waals surface area contributed by atoms with Crippen LogP contribution in [0.25, 0.3) is 32.7 Å². The first-order valence-corrected chi connectivity index (χ1v) is 12.8. The summed E-state index contributed by atoms with van der Waals surface area (Å²) in [5.74, 6) is 1.02. The van der Waals surface area contributed by atoms with Crippen LogP contribution >= 0.6 is 38.8 Å². The molecule has 5 rings (SSSR count). The Morgan fingerprint density at radius 3 is 1.42 bits per heavy atom. The fourth-order valence-electron chi connectivity index (χ4n) is 3.49. The molecule has 0 N–H and O–H groups in total. The Balaban J connectivity index is 2.02. The van der Waals surface area contributed by atoms with Gasteiger partial charge in [-0.3, -0.25) is 0 Å². The molecule has 6 heteroatoms. The molecule has 0 spiro atoms. The van der Waals surface area contributed by atoms with Gasteiger partial charge in [0.05, 0.1) is 0 Å². The van der Waals surface area contributed by atoms with Crippen molar-refractivity contribution in [3.63, 3.8) is 0 Å². The van der Waals surface area contributed by atoms with Crippen molar-refractivity contribution < 1.29 is 9.05 Å². The van der Waals surface area contributed by atoms with Crippen LogP contribution in [0.4, 0.5) is 0 Å². The third kappa shape index (κ3) is 2.61. The van der Waals surface area contributed by atoms with Gasteiger partial charge in [-0.1, -0.05) is 0 Å². The van der Waals surface area contributed by atoms with Crippen LogP contribution < -0.4 is 9.05 Å². The molecule has 0 saturated heterocycles. The summed E-state index contributed by atoms with van der Waals surface area (Å²) in [5.41, 5.74) is 1.76. The van der Waals surface area contributed by atoms with E-state index in [2.05, 4.69) is 0 Å². The van der Waals surface area contributed by atoms with E-state index in [1.807, 2.05) is 72.8 Å². The van der Waals surface area contributed by atoms with Crippen molar-refractivity contribution >= 4 is 60.4 Å². The van der Waals surface area contributed by atoms with E-state index in [1.54, 1.807) is 0 Å². The molecule has 1 aliphatic heterocycles. The predicted molar refractivity (Wildman–Crippen MR) is 113 cm³/mol. The quantitative estimate of drug-likeness (QED) is 0.266. The molecule has 4 aromatic carbocycles. The van der Waals surface area contributed by atoms with Crippen molar-refractivity contribution in [3.05, 3.63) is 72.8 Å². The molecular formula is C20H12Cl3O2P. The van der Waals surface area contributed by atoms with Gasteiger partial charge in [-0.05, 0) is 0 Å². The monoisotopic (exact) mass is 420 g/mol. The second kappa shape index (κ2) is 5.41. The third-order valence-electron chi connectivity index (χ3n) is 4.51. The van der Waals surface area contributed by atoms with Crippen LogP contribution in [-0.4, -0.2) is 0 Å². The molecule has 130 valence electrons. The maximum absolute atomic E-state index is 6.41. The first-order valence-electron chi connectivity index (χ1n) is 8.01. The number of hydrogen-bond acceptors (Lipinski definition) is 2. The Labute approximate surface area is 164 Å². The standard InChI is InChI=1S/C20H12Cl3O2P/c21-26(22,23)24-17-11-9-13-5-1-3-7-15(13)19(17)20-16-8-4-2-6-14(16)10-12-18(20)25-26/h1-12H. The van der Waals surface area contributed by atoms with Gasteiger partial charge < -0.3 is 0 Å². The average molecular weight is 422 g/mol. The van der Waals surface area contributed by atoms with Crippen LogP contribution in [0, 0.1) is 0 Å². The molecule has 0 saturated carbocycles. The van der Waals surface area contributed by atoms with Crippen LogP contribution in [0.5, 0.6) is 11.5 Å². The van der Waals surface area contributed by atoms with E-state index in [0.29, 0.717) is 11.5 Å². The van der Waals surface area contributed by atoms with Gasteiger partial charge in [0.15, 0.2) is 0 Å². The zero-order valence-electron chi connectivity index (χ0n) is 13.3. The zero-order chi connectivity index (χ0) is 18.0. The topological polar surface area (TPSA) is 18.5 Å². The van der Waals surface area contributed by atoms with Gasteiger partial charge in [-0.15, -0.1) is 0 Å². The first kappa shape index (κ1) is 16.5. The second-order valence-electron chi connectivity index (χ2n) is 6.18. The third-order valence-corrected chi connectivity index (χ3v) is 6.71. The van der Waals surface area contributed by atoms with Crippen molar-refractivity contribution in [3.8, 4) is 22.6 Å². The van der Waals surface area contributed by atoms with E-state index < -0.39 is 5.12 Å².